The zero-order valence-corrected chi connectivity index (χ0v) is 17.2. The van der Waals surface area contributed by atoms with Crippen molar-refractivity contribution in [3.63, 3.8) is 0 Å². The van der Waals surface area contributed by atoms with Crippen LogP contribution in [0.15, 0.2) is 24.3 Å². The number of cyclic esters (lactones) is 2. The summed E-state index contributed by atoms with van der Waals surface area (Å²) in [5.41, 5.74) is 2.36. The lowest BCUT2D eigenvalue weighted by atomic mass is 9.76. The van der Waals surface area contributed by atoms with Gasteiger partial charge in [-0.15, -0.1) is 0 Å². The van der Waals surface area contributed by atoms with Crippen molar-refractivity contribution < 1.29 is 29.3 Å². The van der Waals surface area contributed by atoms with Crippen LogP contribution in [0.4, 0.5) is 0 Å². The maximum Gasteiger partial charge on any atom is 0.342 e. The highest BCUT2D eigenvalue weighted by Crippen LogP contribution is 2.37. The zero-order chi connectivity index (χ0) is 21.1. The van der Waals surface area contributed by atoms with E-state index < -0.39 is 29.7 Å². The lowest BCUT2D eigenvalue weighted by Gasteiger charge is -2.29. The molecule has 1 aliphatic heterocycles. The van der Waals surface area contributed by atoms with Crippen LogP contribution >= 0.6 is 0 Å². The molecule has 0 aromatic heterocycles. The fraction of sp³-hybridized carbons (Fsp3) is 0.591. The van der Waals surface area contributed by atoms with Gasteiger partial charge in [-0.05, 0) is 41.2 Å². The number of benzene rings is 1. The third kappa shape index (κ3) is 5.64. The summed E-state index contributed by atoms with van der Waals surface area (Å²) >= 11 is 0. The fourth-order valence-corrected chi connectivity index (χ4v) is 3.80. The van der Waals surface area contributed by atoms with Gasteiger partial charge >= 0.3 is 17.9 Å². The van der Waals surface area contributed by atoms with Gasteiger partial charge in [0.05, 0.1) is 18.3 Å². The van der Waals surface area contributed by atoms with Crippen LogP contribution in [0.25, 0.3) is 0 Å². The van der Waals surface area contributed by atoms with Crippen molar-refractivity contribution in [1.82, 2.24) is 0 Å². The van der Waals surface area contributed by atoms with Gasteiger partial charge in [0.15, 0.2) is 0 Å². The van der Waals surface area contributed by atoms with Gasteiger partial charge in [0.25, 0.3) is 0 Å². The largest absolute Gasteiger partial charge is 0.393 e. The summed E-state index contributed by atoms with van der Waals surface area (Å²) in [5.74, 6) is -3.11. The number of esters is 2. The highest BCUT2D eigenvalue weighted by atomic mass is 17.1. The van der Waals surface area contributed by atoms with E-state index in [4.69, 9.17) is 5.26 Å². The van der Waals surface area contributed by atoms with Crippen molar-refractivity contribution in [1.29, 1.82) is 0 Å². The second kappa shape index (κ2) is 8.86. The minimum atomic E-state index is -0.959. The predicted molar refractivity (Wildman–Crippen MR) is 103 cm³/mol. The molecule has 28 heavy (non-hydrogen) atoms. The highest BCUT2D eigenvalue weighted by Gasteiger charge is 2.45. The van der Waals surface area contributed by atoms with Gasteiger partial charge in [-0.2, -0.15) is 5.26 Å². The first-order valence-corrected chi connectivity index (χ1v) is 9.70. The number of rotatable bonds is 7. The van der Waals surface area contributed by atoms with E-state index in [2.05, 4.69) is 56.4 Å². The summed E-state index contributed by atoms with van der Waals surface area (Å²) in [5, 5.41) is 8.44. The van der Waals surface area contributed by atoms with Gasteiger partial charge in [0, 0.05) is 0 Å². The van der Waals surface area contributed by atoms with Gasteiger partial charge in [0.2, 0.25) is 0 Å². The molecule has 0 saturated carbocycles. The minimum absolute atomic E-state index is 0.218. The van der Waals surface area contributed by atoms with Gasteiger partial charge in [-0.3, -0.25) is 9.59 Å². The molecule has 0 amide bonds. The summed E-state index contributed by atoms with van der Waals surface area (Å²) in [6, 6.07) is 8.07. The van der Waals surface area contributed by atoms with Gasteiger partial charge < -0.3 is 9.62 Å². The van der Waals surface area contributed by atoms with E-state index in [1.807, 2.05) is 12.1 Å². The van der Waals surface area contributed by atoms with E-state index in [-0.39, 0.29) is 11.8 Å². The van der Waals surface area contributed by atoms with Crippen molar-refractivity contribution in [3.05, 3.63) is 35.4 Å². The van der Waals surface area contributed by atoms with Crippen molar-refractivity contribution in [2.45, 2.75) is 59.8 Å². The van der Waals surface area contributed by atoms with Crippen LogP contribution in [0.2, 0.25) is 0 Å². The normalized spacial score (nSPS) is 21.0. The summed E-state index contributed by atoms with van der Waals surface area (Å²) in [7, 11) is 0. The molecular formula is C22H30O6. The maximum atomic E-state index is 12.0. The number of hydrogen-bond donors (Lipinski definition) is 1. The molecule has 1 aliphatic rings. The Morgan fingerprint density at radius 3 is 2.18 bits per heavy atom. The van der Waals surface area contributed by atoms with Crippen LogP contribution < -0.4 is 0 Å². The average molecular weight is 390 g/mol. The molecule has 0 aliphatic carbocycles. The van der Waals surface area contributed by atoms with Crippen molar-refractivity contribution in [2.24, 2.45) is 23.2 Å². The Balaban J connectivity index is 2.15. The van der Waals surface area contributed by atoms with Crippen LogP contribution in [0, 0.1) is 23.2 Å². The molecule has 6 heteroatoms. The average Bonchev–Trinajstić information content (AvgIpc) is 2.86. The molecule has 0 spiro atoms. The Bertz CT molecular complexity index is 714. The van der Waals surface area contributed by atoms with Gasteiger partial charge in [-0.25, -0.2) is 4.79 Å². The van der Waals surface area contributed by atoms with E-state index in [0.717, 1.165) is 12.0 Å². The predicted octanol–water partition coefficient (Wildman–Crippen LogP) is 4.13. The zero-order valence-electron chi connectivity index (χ0n) is 17.2. The summed E-state index contributed by atoms with van der Waals surface area (Å²) in [6.45, 7) is 11.1. The van der Waals surface area contributed by atoms with E-state index in [1.165, 1.54) is 5.56 Å². The fourth-order valence-electron chi connectivity index (χ4n) is 3.80. The molecule has 1 N–H and O–H groups in total. The highest BCUT2D eigenvalue weighted by molar-refractivity contribution is 5.98. The van der Waals surface area contributed by atoms with Crippen LogP contribution in [0.3, 0.4) is 0 Å². The van der Waals surface area contributed by atoms with Gasteiger partial charge in [-0.1, -0.05) is 58.9 Å². The lowest BCUT2D eigenvalue weighted by Crippen LogP contribution is -2.23. The Morgan fingerprint density at radius 2 is 1.68 bits per heavy atom. The Labute approximate surface area is 166 Å². The van der Waals surface area contributed by atoms with E-state index in [1.54, 1.807) is 0 Å². The Hall–Kier alpha value is -2.21. The molecule has 2 rings (SSSR count). The lowest BCUT2D eigenvalue weighted by molar-refractivity contribution is -0.235. The molecule has 0 bridgehead atoms. The van der Waals surface area contributed by atoms with E-state index in [0.29, 0.717) is 18.3 Å². The second-order valence-electron chi connectivity index (χ2n) is 9.18. The quantitative estimate of drug-likeness (QED) is 0.326. The molecule has 1 heterocycles. The first kappa shape index (κ1) is 22.1. The topological polar surface area (TPSA) is 89.9 Å². The monoisotopic (exact) mass is 390 g/mol. The van der Waals surface area contributed by atoms with E-state index in [9.17, 15) is 14.4 Å². The van der Waals surface area contributed by atoms with Gasteiger partial charge in [0.1, 0.15) is 0 Å². The number of carbonyl (C=O) groups excluding carboxylic acids is 3. The van der Waals surface area contributed by atoms with Crippen LogP contribution in [-0.4, -0.2) is 23.2 Å². The molecule has 1 aromatic rings. The van der Waals surface area contributed by atoms with Crippen molar-refractivity contribution in [3.8, 4) is 0 Å². The van der Waals surface area contributed by atoms with Crippen LogP contribution in [-0.2, 0) is 30.4 Å². The number of ether oxygens (including phenoxy) is 1. The minimum Gasteiger partial charge on any atom is -0.393 e. The molecule has 3 unspecified atom stereocenters. The van der Waals surface area contributed by atoms with Crippen LogP contribution in [0.5, 0.6) is 0 Å². The molecule has 3 atom stereocenters. The molecule has 6 nitrogen and oxygen atoms in total. The molecule has 1 saturated heterocycles. The Kier molecular flexibility index (Phi) is 6.99. The molecule has 1 aromatic carbocycles. The maximum absolute atomic E-state index is 12.0. The number of hydrogen-bond acceptors (Lipinski definition) is 6. The standard InChI is InChI=1S/C22H30O6/c1-13(2)18(12-22(3,4)5)15-8-6-14(7-9-15)10-16-17(11-19(23)28-26)21(25)27-20(16)24/h6-9,13,16-18,26H,10-12H2,1-5H3. The smallest absolute Gasteiger partial charge is 0.342 e. The van der Waals surface area contributed by atoms with Crippen molar-refractivity contribution >= 4 is 17.9 Å². The first-order valence-electron chi connectivity index (χ1n) is 9.70. The Morgan fingerprint density at radius 1 is 1.11 bits per heavy atom. The van der Waals surface area contributed by atoms with Crippen LogP contribution in [0.1, 0.15) is 64.5 Å². The second-order valence-corrected chi connectivity index (χ2v) is 9.18. The van der Waals surface area contributed by atoms with Crippen molar-refractivity contribution in [2.75, 3.05) is 0 Å². The number of carbonyl (C=O) groups is 3. The third-order valence-corrected chi connectivity index (χ3v) is 5.28. The molecule has 1 fully saturated rings. The molecule has 154 valence electrons. The SMILES string of the molecule is CC(C)C(CC(C)(C)C)c1ccc(CC2C(=O)OC(=O)C2CC(=O)OO)cc1. The summed E-state index contributed by atoms with van der Waals surface area (Å²) in [4.78, 5) is 38.9. The summed E-state index contributed by atoms with van der Waals surface area (Å²) in [6.07, 6.45) is 0.976. The molecule has 0 radical (unpaired) electrons. The summed E-state index contributed by atoms with van der Waals surface area (Å²) < 4.78 is 4.69. The van der Waals surface area contributed by atoms with E-state index >= 15 is 0 Å². The first-order chi connectivity index (χ1) is 13.0. The third-order valence-electron chi connectivity index (χ3n) is 5.28. The molecular weight excluding hydrogens is 360 g/mol.